The van der Waals surface area contributed by atoms with Gasteiger partial charge in [0.15, 0.2) is 0 Å². The standard InChI is InChI=1S/C12H10ClN3/c1-6-5-15-12(13)10-8-4-7(14)2-3-9(8)16-11(6)10/h2-5,16H,14H2,1H3. The average Bonchev–Trinajstić information content (AvgIpc) is 2.63. The van der Waals surface area contributed by atoms with Gasteiger partial charge in [0.25, 0.3) is 0 Å². The minimum Gasteiger partial charge on any atom is -0.399 e. The summed E-state index contributed by atoms with van der Waals surface area (Å²) < 4.78 is 0. The van der Waals surface area contributed by atoms with Gasteiger partial charge >= 0.3 is 0 Å². The Hall–Kier alpha value is -1.74. The van der Waals surface area contributed by atoms with E-state index in [1.54, 1.807) is 6.20 Å². The van der Waals surface area contributed by atoms with Crippen molar-refractivity contribution in [3.63, 3.8) is 0 Å². The van der Waals surface area contributed by atoms with Gasteiger partial charge in [-0.05, 0) is 30.7 Å². The lowest BCUT2D eigenvalue weighted by Crippen LogP contribution is -1.83. The van der Waals surface area contributed by atoms with Crippen molar-refractivity contribution in [1.29, 1.82) is 0 Å². The first-order valence-corrected chi connectivity index (χ1v) is 5.36. The molecule has 3 aromatic rings. The number of nitrogens with one attached hydrogen (secondary N) is 1. The molecular formula is C12H10ClN3. The monoisotopic (exact) mass is 231 g/mol. The summed E-state index contributed by atoms with van der Waals surface area (Å²) in [6, 6.07) is 5.75. The van der Waals surface area contributed by atoms with Crippen molar-refractivity contribution in [1.82, 2.24) is 9.97 Å². The zero-order valence-electron chi connectivity index (χ0n) is 8.71. The average molecular weight is 232 g/mol. The number of rotatable bonds is 0. The summed E-state index contributed by atoms with van der Waals surface area (Å²) in [7, 11) is 0. The Kier molecular flexibility index (Phi) is 1.85. The summed E-state index contributed by atoms with van der Waals surface area (Å²) in [6.45, 7) is 2.00. The number of hydrogen-bond acceptors (Lipinski definition) is 2. The predicted octanol–water partition coefficient (Wildman–Crippen LogP) is 3.26. The van der Waals surface area contributed by atoms with Crippen LogP contribution in [0.15, 0.2) is 24.4 Å². The number of H-pyrrole nitrogens is 1. The first-order chi connectivity index (χ1) is 7.66. The number of halogens is 1. The minimum atomic E-state index is 0.512. The van der Waals surface area contributed by atoms with Crippen molar-refractivity contribution in [2.45, 2.75) is 6.92 Å². The number of anilines is 1. The Morgan fingerprint density at radius 3 is 3.00 bits per heavy atom. The van der Waals surface area contributed by atoms with Crippen LogP contribution in [-0.4, -0.2) is 9.97 Å². The van der Waals surface area contributed by atoms with E-state index < -0.39 is 0 Å². The van der Waals surface area contributed by atoms with E-state index in [1.807, 2.05) is 25.1 Å². The number of hydrogen-bond donors (Lipinski definition) is 2. The van der Waals surface area contributed by atoms with Crippen LogP contribution < -0.4 is 5.73 Å². The normalized spacial score (nSPS) is 11.4. The molecule has 80 valence electrons. The van der Waals surface area contributed by atoms with E-state index in [0.717, 1.165) is 33.1 Å². The molecule has 0 saturated heterocycles. The molecule has 3 rings (SSSR count). The molecule has 16 heavy (non-hydrogen) atoms. The first kappa shape index (κ1) is 9.48. The summed E-state index contributed by atoms with van der Waals surface area (Å²) in [5.41, 5.74) is 9.65. The maximum Gasteiger partial charge on any atom is 0.139 e. The maximum absolute atomic E-state index is 6.13. The van der Waals surface area contributed by atoms with E-state index in [9.17, 15) is 0 Å². The molecule has 3 nitrogen and oxygen atoms in total. The van der Waals surface area contributed by atoms with Crippen LogP contribution >= 0.6 is 11.6 Å². The number of nitrogens with zero attached hydrogens (tertiary/aromatic N) is 1. The van der Waals surface area contributed by atoms with E-state index in [0.29, 0.717) is 5.15 Å². The van der Waals surface area contributed by atoms with Gasteiger partial charge < -0.3 is 10.7 Å². The lowest BCUT2D eigenvalue weighted by molar-refractivity contribution is 1.30. The van der Waals surface area contributed by atoms with Crippen molar-refractivity contribution in [3.8, 4) is 0 Å². The second kappa shape index (κ2) is 3.12. The zero-order valence-corrected chi connectivity index (χ0v) is 9.47. The molecule has 0 atom stereocenters. The second-order valence-corrected chi connectivity index (χ2v) is 4.27. The largest absolute Gasteiger partial charge is 0.399 e. The van der Waals surface area contributed by atoms with Gasteiger partial charge in [0.05, 0.1) is 5.52 Å². The molecule has 0 fully saturated rings. The van der Waals surface area contributed by atoms with Crippen LogP contribution in [0.25, 0.3) is 21.8 Å². The molecule has 0 saturated carbocycles. The molecule has 2 heterocycles. The first-order valence-electron chi connectivity index (χ1n) is 4.99. The quantitative estimate of drug-likeness (QED) is 0.461. The third kappa shape index (κ3) is 1.18. The van der Waals surface area contributed by atoms with Gasteiger partial charge in [-0.25, -0.2) is 4.98 Å². The molecule has 1 aromatic carbocycles. The highest BCUT2D eigenvalue weighted by Crippen LogP contribution is 2.32. The highest BCUT2D eigenvalue weighted by molar-refractivity contribution is 6.36. The molecule has 0 amide bonds. The van der Waals surface area contributed by atoms with Gasteiger partial charge in [0.2, 0.25) is 0 Å². The third-order valence-corrected chi connectivity index (χ3v) is 3.08. The third-order valence-electron chi connectivity index (χ3n) is 2.79. The summed E-state index contributed by atoms with van der Waals surface area (Å²) in [5.74, 6) is 0. The lowest BCUT2D eigenvalue weighted by atomic mass is 10.1. The van der Waals surface area contributed by atoms with Crippen LogP contribution in [0.1, 0.15) is 5.56 Å². The molecule has 0 unspecified atom stereocenters. The van der Waals surface area contributed by atoms with Crippen LogP contribution in [-0.2, 0) is 0 Å². The summed E-state index contributed by atoms with van der Waals surface area (Å²) in [5, 5.41) is 2.48. The Morgan fingerprint density at radius 1 is 1.38 bits per heavy atom. The fourth-order valence-corrected chi connectivity index (χ4v) is 2.25. The maximum atomic E-state index is 6.13. The van der Waals surface area contributed by atoms with Crippen molar-refractivity contribution < 1.29 is 0 Å². The van der Waals surface area contributed by atoms with Gasteiger partial charge in [-0.1, -0.05) is 11.6 Å². The number of fused-ring (bicyclic) bond motifs is 3. The summed E-state index contributed by atoms with van der Waals surface area (Å²) >= 11 is 6.13. The van der Waals surface area contributed by atoms with E-state index in [-0.39, 0.29) is 0 Å². The highest BCUT2D eigenvalue weighted by atomic mass is 35.5. The number of pyridine rings is 1. The van der Waals surface area contributed by atoms with E-state index >= 15 is 0 Å². The molecular weight excluding hydrogens is 222 g/mol. The Bertz CT molecular complexity index is 700. The van der Waals surface area contributed by atoms with E-state index in [4.69, 9.17) is 17.3 Å². The molecule has 2 aromatic heterocycles. The number of aromatic amines is 1. The van der Waals surface area contributed by atoms with Crippen molar-refractivity contribution in [3.05, 3.63) is 35.1 Å². The molecule has 4 heteroatoms. The molecule has 3 N–H and O–H groups in total. The lowest BCUT2D eigenvalue weighted by Gasteiger charge is -1.97. The minimum absolute atomic E-state index is 0.512. The molecule has 0 aliphatic heterocycles. The molecule has 0 spiro atoms. The fraction of sp³-hybridized carbons (Fsp3) is 0.0833. The molecule has 0 aliphatic carbocycles. The summed E-state index contributed by atoms with van der Waals surface area (Å²) in [6.07, 6.45) is 1.77. The van der Waals surface area contributed by atoms with Crippen molar-refractivity contribution in [2.24, 2.45) is 0 Å². The van der Waals surface area contributed by atoms with Crippen LogP contribution in [0.4, 0.5) is 5.69 Å². The van der Waals surface area contributed by atoms with E-state index in [2.05, 4.69) is 9.97 Å². The smallest absolute Gasteiger partial charge is 0.139 e. The zero-order chi connectivity index (χ0) is 11.3. The highest BCUT2D eigenvalue weighted by Gasteiger charge is 2.10. The van der Waals surface area contributed by atoms with Gasteiger partial charge in [-0.3, -0.25) is 0 Å². The molecule has 0 aliphatic rings. The topological polar surface area (TPSA) is 54.7 Å². The van der Waals surface area contributed by atoms with Crippen molar-refractivity contribution >= 4 is 39.1 Å². The van der Waals surface area contributed by atoms with Crippen LogP contribution in [0.5, 0.6) is 0 Å². The van der Waals surface area contributed by atoms with Crippen LogP contribution in [0.2, 0.25) is 5.15 Å². The van der Waals surface area contributed by atoms with Gasteiger partial charge in [0, 0.05) is 28.2 Å². The number of nitrogen functional groups attached to an aromatic ring is 1. The van der Waals surface area contributed by atoms with Crippen LogP contribution in [0, 0.1) is 6.92 Å². The number of aryl methyl sites for hydroxylation is 1. The number of benzene rings is 1. The number of nitrogens with two attached hydrogens (primary N) is 1. The second-order valence-electron chi connectivity index (χ2n) is 3.91. The Morgan fingerprint density at radius 2 is 2.19 bits per heavy atom. The van der Waals surface area contributed by atoms with Gasteiger partial charge in [-0.15, -0.1) is 0 Å². The fourth-order valence-electron chi connectivity index (χ4n) is 2.00. The Labute approximate surface area is 97.2 Å². The van der Waals surface area contributed by atoms with E-state index in [1.165, 1.54) is 0 Å². The van der Waals surface area contributed by atoms with Crippen molar-refractivity contribution in [2.75, 3.05) is 5.73 Å². The molecule has 0 bridgehead atoms. The Balaban J connectivity index is 2.62. The van der Waals surface area contributed by atoms with Gasteiger partial charge in [-0.2, -0.15) is 0 Å². The predicted molar refractivity (Wildman–Crippen MR) is 67.8 cm³/mol. The van der Waals surface area contributed by atoms with Gasteiger partial charge in [0.1, 0.15) is 5.15 Å². The van der Waals surface area contributed by atoms with Crippen LogP contribution in [0.3, 0.4) is 0 Å². The SMILES string of the molecule is Cc1cnc(Cl)c2c1[nH]c1ccc(N)cc12. The summed E-state index contributed by atoms with van der Waals surface area (Å²) in [4.78, 5) is 7.50. The molecule has 0 radical (unpaired) electrons. The number of aromatic nitrogens is 2.